The van der Waals surface area contributed by atoms with Crippen molar-refractivity contribution < 1.29 is 19.4 Å². The van der Waals surface area contributed by atoms with E-state index in [9.17, 15) is 9.59 Å². The summed E-state index contributed by atoms with van der Waals surface area (Å²) < 4.78 is 5.44. The fourth-order valence-corrected chi connectivity index (χ4v) is 1.50. The average molecular weight is 279 g/mol. The van der Waals surface area contributed by atoms with Crippen molar-refractivity contribution in [2.45, 2.75) is 32.7 Å². The number of carboxylic acids is 1. The molecule has 0 fully saturated rings. The van der Waals surface area contributed by atoms with Crippen LogP contribution in [-0.2, 0) is 4.79 Å². The van der Waals surface area contributed by atoms with Crippen molar-refractivity contribution >= 4 is 11.9 Å². The molecule has 0 aliphatic heterocycles. The number of amides is 1. The standard InChI is InChI=1S/C15H21NO4/c1-5-10-20-12-8-6-11(7-9-12)13(17)16(4)15(2,3)14(18)19/h6-9H,5,10H2,1-4H3,(H,18,19). The molecular weight excluding hydrogens is 258 g/mol. The highest BCUT2D eigenvalue weighted by atomic mass is 16.5. The summed E-state index contributed by atoms with van der Waals surface area (Å²) in [6.45, 7) is 5.62. The molecule has 0 unspecified atom stereocenters. The molecule has 5 heteroatoms. The summed E-state index contributed by atoms with van der Waals surface area (Å²) in [6.07, 6.45) is 0.913. The fraction of sp³-hybridized carbons (Fsp3) is 0.467. The third-order valence-corrected chi connectivity index (χ3v) is 3.24. The van der Waals surface area contributed by atoms with Crippen LogP contribution in [-0.4, -0.2) is 41.1 Å². The van der Waals surface area contributed by atoms with Crippen LogP contribution in [0.25, 0.3) is 0 Å². The Kier molecular flexibility index (Phi) is 5.13. The maximum absolute atomic E-state index is 12.2. The summed E-state index contributed by atoms with van der Waals surface area (Å²) in [5.41, 5.74) is -0.820. The van der Waals surface area contributed by atoms with Crippen LogP contribution in [0.1, 0.15) is 37.6 Å². The molecule has 20 heavy (non-hydrogen) atoms. The van der Waals surface area contributed by atoms with E-state index in [0.29, 0.717) is 17.9 Å². The number of benzene rings is 1. The molecule has 5 nitrogen and oxygen atoms in total. The molecule has 1 aromatic carbocycles. The summed E-state index contributed by atoms with van der Waals surface area (Å²) in [4.78, 5) is 24.6. The van der Waals surface area contributed by atoms with Gasteiger partial charge < -0.3 is 14.7 Å². The quantitative estimate of drug-likeness (QED) is 0.868. The van der Waals surface area contributed by atoms with Crippen LogP contribution in [0.4, 0.5) is 0 Å². The van der Waals surface area contributed by atoms with Gasteiger partial charge in [0.25, 0.3) is 5.91 Å². The lowest BCUT2D eigenvalue weighted by atomic mass is 10.0. The Balaban J connectivity index is 2.85. The van der Waals surface area contributed by atoms with E-state index in [4.69, 9.17) is 9.84 Å². The van der Waals surface area contributed by atoms with Crippen LogP contribution < -0.4 is 4.74 Å². The van der Waals surface area contributed by atoms with Crippen LogP contribution in [0, 0.1) is 0 Å². The molecule has 110 valence electrons. The SMILES string of the molecule is CCCOc1ccc(C(=O)N(C)C(C)(C)C(=O)O)cc1. The Morgan fingerprint density at radius 1 is 1.25 bits per heavy atom. The van der Waals surface area contributed by atoms with Gasteiger partial charge in [-0.15, -0.1) is 0 Å². The van der Waals surface area contributed by atoms with E-state index in [0.717, 1.165) is 6.42 Å². The second kappa shape index (κ2) is 6.41. The number of hydrogen-bond donors (Lipinski definition) is 1. The zero-order valence-corrected chi connectivity index (χ0v) is 12.3. The first kappa shape index (κ1) is 16.0. The third-order valence-electron chi connectivity index (χ3n) is 3.24. The molecular formula is C15H21NO4. The molecule has 0 bridgehead atoms. The highest BCUT2D eigenvalue weighted by molar-refractivity contribution is 5.97. The smallest absolute Gasteiger partial charge is 0.329 e. The number of carbonyl (C=O) groups is 2. The Labute approximate surface area is 119 Å². The normalized spacial score (nSPS) is 11.0. The van der Waals surface area contributed by atoms with E-state index in [1.54, 1.807) is 24.3 Å². The van der Waals surface area contributed by atoms with Gasteiger partial charge in [0.05, 0.1) is 6.61 Å². The van der Waals surface area contributed by atoms with Crippen molar-refractivity contribution in [2.75, 3.05) is 13.7 Å². The Morgan fingerprint density at radius 2 is 1.80 bits per heavy atom. The molecule has 0 aliphatic rings. The number of carbonyl (C=O) groups excluding carboxylic acids is 1. The molecule has 0 radical (unpaired) electrons. The van der Waals surface area contributed by atoms with Crippen molar-refractivity contribution in [3.05, 3.63) is 29.8 Å². The van der Waals surface area contributed by atoms with Gasteiger partial charge in [-0.05, 0) is 44.5 Å². The minimum absolute atomic E-state index is 0.334. The molecule has 0 aliphatic carbocycles. The molecule has 1 rings (SSSR count). The van der Waals surface area contributed by atoms with Crippen molar-refractivity contribution in [3.63, 3.8) is 0 Å². The van der Waals surface area contributed by atoms with Crippen molar-refractivity contribution in [1.82, 2.24) is 4.90 Å². The molecule has 0 spiro atoms. The predicted molar refractivity (Wildman–Crippen MR) is 76.0 cm³/mol. The van der Waals surface area contributed by atoms with E-state index in [-0.39, 0.29) is 5.91 Å². The summed E-state index contributed by atoms with van der Waals surface area (Å²) >= 11 is 0. The van der Waals surface area contributed by atoms with Gasteiger partial charge in [0, 0.05) is 12.6 Å². The summed E-state index contributed by atoms with van der Waals surface area (Å²) in [5, 5.41) is 9.13. The van der Waals surface area contributed by atoms with Gasteiger partial charge in [-0.2, -0.15) is 0 Å². The minimum Gasteiger partial charge on any atom is -0.494 e. The lowest BCUT2D eigenvalue weighted by Gasteiger charge is -2.31. The number of aliphatic carboxylic acids is 1. The fourth-order valence-electron chi connectivity index (χ4n) is 1.50. The molecule has 1 N–H and O–H groups in total. The maximum atomic E-state index is 12.2. The van der Waals surface area contributed by atoms with Gasteiger partial charge in [0.15, 0.2) is 0 Å². The zero-order chi connectivity index (χ0) is 15.3. The Hall–Kier alpha value is -2.04. The van der Waals surface area contributed by atoms with Gasteiger partial charge in [-0.25, -0.2) is 4.79 Å². The molecule has 1 aromatic rings. The topological polar surface area (TPSA) is 66.8 Å². The van der Waals surface area contributed by atoms with E-state index in [1.165, 1.54) is 25.8 Å². The summed E-state index contributed by atoms with van der Waals surface area (Å²) in [5.74, 6) is -0.681. The molecule has 0 saturated heterocycles. The van der Waals surface area contributed by atoms with Crippen LogP contribution in [0.15, 0.2) is 24.3 Å². The minimum atomic E-state index is -1.26. The van der Waals surface area contributed by atoms with Crippen LogP contribution in [0.3, 0.4) is 0 Å². The number of hydrogen-bond acceptors (Lipinski definition) is 3. The maximum Gasteiger partial charge on any atom is 0.329 e. The predicted octanol–water partition coefficient (Wildman–Crippen LogP) is 2.41. The highest BCUT2D eigenvalue weighted by Crippen LogP contribution is 2.18. The van der Waals surface area contributed by atoms with Crippen LogP contribution in [0.2, 0.25) is 0 Å². The second-order valence-electron chi connectivity index (χ2n) is 5.10. The first-order valence-corrected chi connectivity index (χ1v) is 6.55. The average Bonchev–Trinajstić information content (AvgIpc) is 2.43. The van der Waals surface area contributed by atoms with Crippen molar-refractivity contribution in [3.8, 4) is 5.75 Å². The number of likely N-dealkylation sites (N-methyl/N-ethyl adjacent to an activating group) is 1. The van der Waals surface area contributed by atoms with Gasteiger partial charge in [-0.3, -0.25) is 4.79 Å². The molecule has 1 amide bonds. The highest BCUT2D eigenvalue weighted by Gasteiger charge is 2.35. The van der Waals surface area contributed by atoms with Gasteiger partial charge in [-0.1, -0.05) is 6.92 Å². The van der Waals surface area contributed by atoms with Crippen LogP contribution in [0.5, 0.6) is 5.75 Å². The van der Waals surface area contributed by atoms with E-state index >= 15 is 0 Å². The van der Waals surface area contributed by atoms with Crippen molar-refractivity contribution in [2.24, 2.45) is 0 Å². The monoisotopic (exact) mass is 279 g/mol. The number of nitrogens with zero attached hydrogens (tertiary/aromatic N) is 1. The second-order valence-corrected chi connectivity index (χ2v) is 5.10. The first-order valence-electron chi connectivity index (χ1n) is 6.55. The van der Waals surface area contributed by atoms with E-state index in [1.807, 2.05) is 6.92 Å². The number of ether oxygens (including phenoxy) is 1. The lowest BCUT2D eigenvalue weighted by Crippen LogP contribution is -2.50. The molecule has 0 atom stereocenters. The lowest BCUT2D eigenvalue weighted by molar-refractivity contribution is -0.147. The van der Waals surface area contributed by atoms with Crippen LogP contribution >= 0.6 is 0 Å². The van der Waals surface area contributed by atoms with Gasteiger partial charge >= 0.3 is 5.97 Å². The zero-order valence-electron chi connectivity index (χ0n) is 12.3. The van der Waals surface area contributed by atoms with E-state index in [2.05, 4.69) is 0 Å². The van der Waals surface area contributed by atoms with Gasteiger partial charge in [0.1, 0.15) is 11.3 Å². The first-order chi connectivity index (χ1) is 9.30. The summed E-state index contributed by atoms with van der Waals surface area (Å²) in [7, 11) is 1.48. The number of rotatable bonds is 6. The Bertz CT molecular complexity index is 479. The molecule has 0 aromatic heterocycles. The summed E-state index contributed by atoms with van der Waals surface area (Å²) in [6, 6.07) is 6.71. The van der Waals surface area contributed by atoms with Gasteiger partial charge in [0.2, 0.25) is 0 Å². The molecule has 0 saturated carbocycles. The largest absolute Gasteiger partial charge is 0.494 e. The number of carboxylic acid groups (broad SMARTS) is 1. The van der Waals surface area contributed by atoms with Crippen molar-refractivity contribution in [1.29, 1.82) is 0 Å². The Morgan fingerprint density at radius 3 is 2.25 bits per heavy atom. The molecule has 0 heterocycles. The third kappa shape index (κ3) is 3.50. The van der Waals surface area contributed by atoms with E-state index < -0.39 is 11.5 Å².